The summed E-state index contributed by atoms with van der Waals surface area (Å²) in [5.41, 5.74) is 0. The Labute approximate surface area is 227 Å². The summed E-state index contributed by atoms with van der Waals surface area (Å²) >= 11 is 0. The maximum absolute atomic E-state index is 6.33. The summed E-state index contributed by atoms with van der Waals surface area (Å²) in [6.45, 7) is 18.3. The van der Waals surface area contributed by atoms with Gasteiger partial charge >= 0.3 is 0 Å². The minimum Gasteiger partial charge on any atom is -0.381 e. The van der Waals surface area contributed by atoms with Gasteiger partial charge in [0.1, 0.15) is 6.29 Å². The summed E-state index contributed by atoms with van der Waals surface area (Å²) in [5, 5.41) is 11.3. The number of nitrogens with one attached hydrogen (secondary N) is 3. The molecular weight excluding hydrogens is 464 g/mol. The van der Waals surface area contributed by atoms with Gasteiger partial charge < -0.3 is 14.4 Å². The van der Waals surface area contributed by atoms with Crippen molar-refractivity contribution in [2.24, 2.45) is 11.8 Å². The molecule has 0 spiro atoms. The van der Waals surface area contributed by atoms with Crippen LogP contribution in [0.25, 0.3) is 0 Å². The molecule has 216 valence electrons. The fourth-order valence-electron chi connectivity index (χ4n) is 6.97. The molecule has 4 rings (SSSR count). The minimum atomic E-state index is 0.264. The summed E-state index contributed by atoms with van der Waals surface area (Å²) < 4.78 is 11.9. The summed E-state index contributed by atoms with van der Waals surface area (Å²) in [7, 11) is 1.86. The van der Waals surface area contributed by atoms with Crippen molar-refractivity contribution in [1.29, 1.82) is 0 Å². The van der Waals surface area contributed by atoms with Crippen molar-refractivity contribution in [3.8, 4) is 0 Å². The first kappa shape index (κ1) is 29.7. The fraction of sp³-hybridized carbons (Fsp3) is 1.00. The maximum atomic E-state index is 6.33. The van der Waals surface area contributed by atoms with Crippen molar-refractivity contribution < 1.29 is 9.47 Å². The van der Waals surface area contributed by atoms with E-state index in [4.69, 9.17) is 9.47 Å². The molecule has 4 aliphatic rings. The van der Waals surface area contributed by atoms with Crippen LogP contribution in [0.2, 0.25) is 0 Å². The Kier molecular flexibility index (Phi) is 12.9. The zero-order valence-corrected chi connectivity index (χ0v) is 24.3. The average Bonchev–Trinajstić information content (AvgIpc) is 2.96. The first-order valence-electron chi connectivity index (χ1n) is 15.7. The molecule has 2 saturated heterocycles. The van der Waals surface area contributed by atoms with E-state index in [0.29, 0.717) is 18.2 Å². The topological polar surface area (TPSA) is 64.3 Å². The van der Waals surface area contributed by atoms with Crippen LogP contribution in [0.1, 0.15) is 65.2 Å². The Balaban J connectivity index is 1.01. The van der Waals surface area contributed by atoms with E-state index in [0.717, 1.165) is 51.2 Å². The summed E-state index contributed by atoms with van der Waals surface area (Å²) in [6.07, 6.45) is 11.1. The number of likely N-dealkylation sites (N-methyl/N-ethyl adjacent to an activating group) is 1. The normalized spacial score (nSPS) is 34.7. The Morgan fingerprint density at radius 3 is 1.95 bits per heavy atom. The predicted octanol–water partition coefficient (Wildman–Crippen LogP) is 2.16. The standard InChI is InChI=1S/C29H58N6O2/c1-4-33(5-2)14-15-34-16-18-35(19-17-34)20-21-37-28-12-8-26(9-13-28)32-29-30-22-25(23-31-29)24-6-10-27(36-3)11-7-24/h24-32H,4-23H2,1-3H3. The highest BCUT2D eigenvalue weighted by atomic mass is 16.5. The molecular formula is C29H58N6O2. The van der Waals surface area contributed by atoms with Gasteiger partial charge in [0.05, 0.1) is 18.8 Å². The van der Waals surface area contributed by atoms with E-state index in [-0.39, 0.29) is 6.29 Å². The lowest BCUT2D eigenvalue weighted by Crippen LogP contribution is -2.63. The zero-order chi connectivity index (χ0) is 25.9. The van der Waals surface area contributed by atoms with Crippen LogP contribution in [0.4, 0.5) is 0 Å². The highest BCUT2D eigenvalue weighted by Crippen LogP contribution is 2.32. The molecule has 3 N–H and O–H groups in total. The molecule has 0 aromatic carbocycles. The van der Waals surface area contributed by atoms with Gasteiger partial charge in [-0.3, -0.25) is 25.8 Å². The number of piperazine rings is 1. The van der Waals surface area contributed by atoms with E-state index in [1.807, 2.05) is 7.11 Å². The first-order chi connectivity index (χ1) is 18.2. The molecule has 0 unspecified atom stereocenters. The van der Waals surface area contributed by atoms with Gasteiger partial charge in [-0.25, -0.2) is 0 Å². The summed E-state index contributed by atoms with van der Waals surface area (Å²) in [5.74, 6) is 1.61. The molecule has 2 aliphatic heterocycles. The second-order valence-corrected chi connectivity index (χ2v) is 12.0. The number of hydrogen-bond donors (Lipinski definition) is 3. The van der Waals surface area contributed by atoms with Gasteiger partial charge in [-0.05, 0) is 76.3 Å². The molecule has 8 nitrogen and oxygen atoms in total. The van der Waals surface area contributed by atoms with Crippen molar-refractivity contribution >= 4 is 0 Å². The van der Waals surface area contributed by atoms with Crippen LogP contribution in [0, 0.1) is 11.8 Å². The van der Waals surface area contributed by atoms with E-state index >= 15 is 0 Å². The lowest BCUT2D eigenvalue weighted by Gasteiger charge is -2.40. The molecule has 2 saturated carbocycles. The van der Waals surface area contributed by atoms with E-state index in [1.54, 1.807) is 0 Å². The largest absolute Gasteiger partial charge is 0.381 e. The molecule has 2 aliphatic carbocycles. The molecule has 8 heteroatoms. The minimum absolute atomic E-state index is 0.264. The molecule has 0 aromatic rings. The van der Waals surface area contributed by atoms with E-state index < -0.39 is 0 Å². The first-order valence-corrected chi connectivity index (χ1v) is 15.7. The number of hydrogen-bond acceptors (Lipinski definition) is 8. The number of methoxy groups -OCH3 is 1. The molecule has 2 heterocycles. The number of ether oxygens (including phenoxy) is 2. The molecule has 4 fully saturated rings. The van der Waals surface area contributed by atoms with Gasteiger partial charge in [-0.15, -0.1) is 0 Å². The van der Waals surface area contributed by atoms with Crippen LogP contribution < -0.4 is 16.0 Å². The van der Waals surface area contributed by atoms with Crippen LogP contribution in [0.5, 0.6) is 0 Å². The molecule has 0 amide bonds. The summed E-state index contributed by atoms with van der Waals surface area (Å²) in [4.78, 5) is 7.75. The maximum Gasteiger partial charge on any atom is 0.112 e. The van der Waals surface area contributed by atoms with Crippen LogP contribution in [-0.2, 0) is 9.47 Å². The summed E-state index contributed by atoms with van der Waals surface area (Å²) in [6, 6.07) is 0.600. The van der Waals surface area contributed by atoms with Gasteiger partial charge in [0.15, 0.2) is 0 Å². The number of nitrogens with zero attached hydrogens (tertiary/aromatic N) is 3. The fourth-order valence-corrected chi connectivity index (χ4v) is 6.97. The lowest BCUT2D eigenvalue weighted by atomic mass is 9.78. The molecule has 0 atom stereocenters. The van der Waals surface area contributed by atoms with Crippen LogP contribution in [0.3, 0.4) is 0 Å². The Morgan fingerprint density at radius 1 is 0.757 bits per heavy atom. The van der Waals surface area contributed by atoms with Crippen molar-refractivity contribution in [1.82, 2.24) is 30.7 Å². The number of rotatable bonds is 13. The Morgan fingerprint density at radius 2 is 1.35 bits per heavy atom. The smallest absolute Gasteiger partial charge is 0.112 e. The van der Waals surface area contributed by atoms with Crippen molar-refractivity contribution in [2.75, 3.05) is 85.7 Å². The van der Waals surface area contributed by atoms with E-state index in [2.05, 4.69) is 44.5 Å². The average molecular weight is 523 g/mol. The second-order valence-electron chi connectivity index (χ2n) is 12.0. The monoisotopic (exact) mass is 522 g/mol. The van der Waals surface area contributed by atoms with Gasteiger partial charge in [0.2, 0.25) is 0 Å². The van der Waals surface area contributed by atoms with Crippen LogP contribution in [0.15, 0.2) is 0 Å². The Hall–Kier alpha value is -0.320. The van der Waals surface area contributed by atoms with Gasteiger partial charge in [-0.1, -0.05) is 13.8 Å². The quantitative estimate of drug-likeness (QED) is 0.340. The van der Waals surface area contributed by atoms with Gasteiger partial charge in [-0.2, -0.15) is 0 Å². The van der Waals surface area contributed by atoms with Gasteiger partial charge in [0.25, 0.3) is 0 Å². The van der Waals surface area contributed by atoms with E-state index in [1.165, 1.54) is 90.6 Å². The predicted molar refractivity (Wildman–Crippen MR) is 152 cm³/mol. The third-order valence-corrected chi connectivity index (χ3v) is 9.82. The molecule has 0 radical (unpaired) electrons. The third kappa shape index (κ3) is 9.67. The molecule has 0 aromatic heterocycles. The van der Waals surface area contributed by atoms with Crippen LogP contribution >= 0.6 is 0 Å². The molecule has 0 bridgehead atoms. The second kappa shape index (κ2) is 16.1. The molecule has 37 heavy (non-hydrogen) atoms. The van der Waals surface area contributed by atoms with Crippen molar-refractivity contribution in [2.45, 2.75) is 89.8 Å². The van der Waals surface area contributed by atoms with Gasteiger partial charge in [0, 0.05) is 72.1 Å². The SMILES string of the molecule is CCN(CC)CCN1CCN(CCOC2CCC(NC3NCC(C4CCC(OC)CC4)CN3)CC2)CC1. The van der Waals surface area contributed by atoms with Crippen molar-refractivity contribution in [3.05, 3.63) is 0 Å². The van der Waals surface area contributed by atoms with Crippen molar-refractivity contribution in [3.63, 3.8) is 0 Å². The highest BCUT2D eigenvalue weighted by molar-refractivity contribution is 4.87. The van der Waals surface area contributed by atoms with Crippen LogP contribution in [-0.4, -0.2) is 125 Å². The zero-order valence-electron chi connectivity index (χ0n) is 24.3. The lowest BCUT2D eigenvalue weighted by molar-refractivity contribution is 0.00260. The van der Waals surface area contributed by atoms with E-state index in [9.17, 15) is 0 Å². The third-order valence-electron chi connectivity index (χ3n) is 9.82. The Bertz CT molecular complexity index is 591. The highest BCUT2D eigenvalue weighted by Gasteiger charge is 2.31.